The van der Waals surface area contributed by atoms with Crippen molar-refractivity contribution in [2.45, 2.75) is 57.8 Å². The molecule has 4 heteroatoms. The van der Waals surface area contributed by atoms with E-state index in [0.717, 1.165) is 30.5 Å². The third kappa shape index (κ3) is 4.69. The average molecular weight is 263 g/mol. The van der Waals surface area contributed by atoms with Crippen molar-refractivity contribution in [2.24, 2.45) is 0 Å². The van der Waals surface area contributed by atoms with Crippen molar-refractivity contribution < 1.29 is 4.74 Å². The number of aromatic nitrogens is 2. The summed E-state index contributed by atoms with van der Waals surface area (Å²) in [4.78, 5) is 8.98. The van der Waals surface area contributed by atoms with Gasteiger partial charge in [-0.1, -0.05) is 32.6 Å². The van der Waals surface area contributed by atoms with Gasteiger partial charge in [0.15, 0.2) is 0 Å². The van der Waals surface area contributed by atoms with Crippen molar-refractivity contribution in [3.05, 3.63) is 11.9 Å². The van der Waals surface area contributed by atoms with Gasteiger partial charge in [0.2, 0.25) is 5.88 Å². The Kier molecular flexibility index (Phi) is 5.43. The monoisotopic (exact) mass is 263 g/mol. The van der Waals surface area contributed by atoms with Gasteiger partial charge in [-0.05, 0) is 19.3 Å². The minimum atomic E-state index is 0.556. The van der Waals surface area contributed by atoms with Gasteiger partial charge in [0.1, 0.15) is 11.6 Å². The minimum absolute atomic E-state index is 0.556. The summed E-state index contributed by atoms with van der Waals surface area (Å²) in [5, 5.41) is 3.08. The van der Waals surface area contributed by atoms with E-state index in [1.807, 2.05) is 13.1 Å². The van der Waals surface area contributed by atoms with Crippen LogP contribution in [0.2, 0.25) is 0 Å². The molecule has 106 valence electrons. The zero-order valence-electron chi connectivity index (χ0n) is 12.1. The van der Waals surface area contributed by atoms with E-state index in [0.29, 0.717) is 5.92 Å². The Hall–Kier alpha value is -1.32. The first-order valence-electron chi connectivity index (χ1n) is 7.53. The van der Waals surface area contributed by atoms with Crippen LogP contribution in [-0.2, 0) is 0 Å². The fourth-order valence-corrected chi connectivity index (χ4v) is 2.05. The predicted octanol–water partition coefficient (Wildman–Crippen LogP) is 3.74. The topological polar surface area (TPSA) is 47.0 Å². The third-order valence-electron chi connectivity index (χ3n) is 3.42. The molecule has 4 nitrogen and oxygen atoms in total. The quantitative estimate of drug-likeness (QED) is 0.689. The lowest BCUT2D eigenvalue weighted by Crippen LogP contribution is -2.04. The fraction of sp³-hybridized carbons (Fsp3) is 0.733. The van der Waals surface area contributed by atoms with Gasteiger partial charge in [-0.3, -0.25) is 0 Å². The smallest absolute Gasteiger partial charge is 0.218 e. The van der Waals surface area contributed by atoms with Crippen molar-refractivity contribution in [1.29, 1.82) is 0 Å². The van der Waals surface area contributed by atoms with Crippen LogP contribution in [0.3, 0.4) is 0 Å². The van der Waals surface area contributed by atoms with Crippen molar-refractivity contribution in [1.82, 2.24) is 9.97 Å². The van der Waals surface area contributed by atoms with Crippen LogP contribution in [-0.4, -0.2) is 23.6 Å². The minimum Gasteiger partial charge on any atom is -0.478 e. The Morgan fingerprint density at radius 2 is 2.00 bits per heavy atom. The molecule has 0 aliphatic heterocycles. The van der Waals surface area contributed by atoms with Crippen molar-refractivity contribution in [3.63, 3.8) is 0 Å². The number of ether oxygens (including phenoxy) is 1. The van der Waals surface area contributed by atoms with E-state index in [1.54, 1.807) is 0 Å². The molecule has 1 aliphatic carbocycles. The Labute approximate surface area is 116 Å². The second-order valence-corrected chi connectivity index (χ2v) is 5.24. The third-order valence-corrected chi connectivity index (χ3v) is 3.42. The van der Waals surface area contributed by atoms with Crippen molar-refractivity contribution >= 4 is 5.82 Å². The lowest BCUT2D eigenvalue weighted by Gasteiger charge is -2.09. The Morgan fingerprint density at radius 1 is 1.21 bits per heavy atom. The van der Waals surface area contributed by atoms with Gasteiger partial charge >= 0.3 is 0 Å². The molecule has 19 heavy (non-hydrogen) atoms. The number of rotatable bonds is 9. The van der Waals surface area contributed by atoms with E-state index < -0.39 is 0 Å². The lowest BCUT2D eigenvalue weighted by atomic mass is 10.2. The highest BCUT2D eigenvalue weighted by Crippen LogP contribution is 2.39. The van der Waals surface area contributed by atoms with E-state index in [2.05, 4.69) is 22.2 Å². The Bertz CT molecular complexity index is 391. The maximum absolute atomic E-state index is 5.76. The normalized spacial score (nSPS) is 14.4. The molecule has 0 aromatic carbocycles. The summed E-state index contributed by atoms with van der Waals surface area (Å²) in [5.74, 6) is 3.07. The maximum atomic E-state index is 5.76. The van der Waals surface area contributed by atoms with Crippen LogP contribution in [0.4, 0.5) is 5.82 Å². The zero-order valence-corrected chi connectivity index (χ0v) is 12.1. The molecular formula is C15H25N3O. The Balaban J connectivity index is 1.80. The fourth-order valence-electron chi connectivity index (χ4n) is 2.05. The van der Waals surface area contributed by atoms with E-state index in [4.69, 9.17) is 4.74 Å². The number of hydrogen-bond acceptors (Lipinski definition) is 4. The van der Waals surface area contributed by atoms with Crippen molar-refractivity contribution in [3.8, 4) is 5.88 Å². The lowest BCUT2D eigenvalue weighted by molar-refractivity contribution is 0.292. The SMILES string of the molecule is CCCCCCCOc1cc(NC)nc(C2CC2)n1. The van der Waals surface area contributed by atoms with Gasteiger partial charge in [0, 0.05) is 19.0 Å². The number of hydrogen-bond donors (Lipinski definition) is 1. The maximum Gasteiger partial charge on any atom is 0.218 e. The number of unbranched alkanes of at least 4 members (excludes halogenated alkanes) is 4. The number of nitrogens with zero attached hydrogens (tertiary/aromatic N) is 2. The standard InChI is InChI=1S/C15H25N3O/c1-3-4-5-6-7-10-19-14-11-13(16-2)17-15(18-14)12-8-9-12/h11-12H,3-10H2,1-2H3,(H,16,17,18). The molecule has 0 amide bonds. The number of nitrogens with one attached hydrogen (secondary N) is 1. The number of anilines is 1. The molecule has 1 heterocycles. The van der Waals surface area contributed by atoms with E-state index in [1.165, 1.54) is 38.5 Å². The van der Waals surface area contributed by atoms with Crippen LogP contribution in [0, 0.1) is 0 Å². The highest BCUT2D eigenvalue weighted by molar-refractivity contribution is 5.38. The van der Waals surface area contributed by atoms with Crippen LogP contribution in [0.15, 0.2) is 6.07 Å². The summed E-state index contributed by atoms with van der Waals surface area (Å²) in [6.45, 7) is 2.99. The molecule has 1 aromatic rings. The van der Waals surface area contributed by atoms with E-state index in [9.17, 15) is 0 Å². The van der Waals surface area contributed by atoms with Crippen LogP contribution in [0.25, 0.3) is 0 Å². The van der Waals surface area contributed by atoms with Crippen molar-refractivity contribution in [2.75, 3.05) is 19.0 Å². The summed E-state index contributed by atoms with van der Waals surface area (Å²) in [6.07, 6.45) is 8.68. The van der Waals surface area contributed by atoms with E-state index >= 15 is 0 Å². The molecule has 0 saturated heterocycles. The summed E-state index contributed by atoms with van der Waals surface area (Å²) in [7, 11) is 1.88. The summed E-state index contributed by atoms with van der Waals surface area (Å²) in [5.41, 5.74) is 0. The molecule has 1 N–H and O–H groups in total. The van der Waals surface area contributed by atoms with E-state index in [-0.39, 0.29) is 0 Å². The zero-order chi connectivity index (χ0) is 13.5. The highest BCUT2D eigenvalue weighted by Gasteiger charge is 2.27. The molecule has 0 unspecified atom stereocenters. The molecule has 2 rings (SSSR count). The molecule has 0 radical (unpaired) electrons. The van der Waals surface area contributed by atoms with Gasteiger partial charge in [0.25, 0.3) is 0 Å². The molecule has 0 atom stereocenters. The van der Waals surface area contributed by atoms with Crippen LogP contribution in [0.5, 0.6) is 5.88 Å². The molecule has 1 aromatic heterocycles. The second-order valence-electron chi connectivity index (χ2n) is 5.24. The van der Waals surface area contributed by atoms with Gasteiger partial charge in [-0.2, -0.15) is 4.98 Å². The molecule has 1 aliphatic rings. The molecule has 0 bridgehead atoms. The largest absolute Gasteiger partial charge is 0.478 e. The van der Waals surface area contributed by atoms with Gasteiger partial charge < -0.3 is 10.1 Å². The van der Waals surface area contributed by atoms with Gasteiger partial charge in [0.05, 0.1) is 6.61 Å². The second kappa shape index (κ2) is 7.31. The average Bonchev–Trinajstić information content (AvgIpc) is 3.27. The Morgan fingerprint density at radius 3 is 2.68 bits per heavy atom. The first kappa shape index (κ1) is 14.1. The molecule has 0 spiro atoms. The molecular weight excluding hydrogens is 238 g/mol. The van der Waals surface area contributed by atoms with Gasteiger partial charge in [-0.15, -0.1) is 0 Å². The summed E-state index contributed by atoms with van der Waals surface area (Å²) in [6, 6.07) is 1.89. The summed E-state index contributed by atoms with van der Waals surface area (Å²) < 4.78 is 5.76. The molecule has 1 saturated carbocycles. The van der Waals surface area contributed by atoms with Crippen LogP contribution < -0.4 is 10.1 Å². The van der Waals surface area contributed by atoms with Gasteiger partial charge in [-0.25, -0.2) is 4.98 Å². The first-order chi connectivity index (χ1) is 9.33. The van der Waals surface area contributed by atoms with Crippen LogP contribution in [0.1, 0.15) is 63.6 Å². The summed E-state index contributed by atoms with van der Waals surface area (Å²) >= 11 is 0. The highest BCUT2D eigenvalue weighted by atomic mass is 16.5. The first-order valence-corrected chi connectivity index (χ1v) is 7.53. The van der Waals surface area contributed by atoms with Crippen LogP contribution >= 0.6 is 0 Å². The predicted molar refractivity (Wildman–Crippen MR) is 77.8 cm³/mol. The molecule has 1 fully saturated rings.